The normalized spacial score (nSPS) is 11.1. The van der Waals surface area contributed by atoms with E-state index in [0.29, 0.717) is 5.75 Å². The van der Waals surface area contributed by atoms with E-state index in [1.54, 1.807) is 24.3 Å². The van der Waals surface area contributed by atoms with Crippen molar-refractivity contribution < 1.29 is 27.4 Å². The maximum atomic E-state index is 13.2. The third-order valence-corrected chi connectivity index (χ3v) is 3.35. The van der Waals surface area contributed by atoms with Gasteiger partial charge in [0.25, 0.3) is 0 Å². The molecule has 0 spiro atoms. The molecule has 0 bridgehead atoms. The first-order chi connectivity index (χ1) is 11.9. The van der Waals surface area contributed by atoms with Crippen molar-refractivity contribution in [2.45, 2.75) is 19.6 Å². The molecule has 0 fully saturated rings. The number of ether oxygens (including phenoxy) is 2. The molecule has 0 aliphatic carbocycles. The quantitative estimate of drug-likeness (QED) is 0.798. The second-order valence-electron chi connectivity index (χ2n) is 5.00. The zero-order valence-electron chi connectivity index (χ0n) is 13.7. The molecule has 0 amide bonds. The SMILES string of the molecule is CCOC(=O)c1c(C(F)(F)F)ccnc1NCc1ccc(OC)cc1. The number of carbonyl (C=O) groups is 1. The highest BCUT2D eigenvalue weighted by Gasteiger charge is 2.37. The summed E-state index contributed by atoms with van der Waals surface area (Å²) in [6, 6.07) is 7.71. The summed E-state index contributed by atoms with van der Waals surface area (Å²) in [5.41, 5.74) is -0.918. The van der Waals surface area contributed by atoms with Crippen LogP contribution in [-0.4, -0.2) is 24.7 Å². The molecule has 8 heteroatoms. The summed E-state index contributed by atoms with van der Waals surface area (Å²) in [6.45, 7) is 1.67. The highest BCUT2D eigenvalue weighted by molar-refractivity contribution is 5.96. The summed E-state index contributed by atoms with van der Waals surface area (Å²) in [4.78, 5) is 15.9. The van der Waals surface area contributed by atoms with Gasteiger partial charge in [0.2, 0.25) is 0 Å². The van der Waals surface area contributed by atoms with Crippen LogP contribution in [0.15, 0.2) is 36.5 Å². The number of esters is 1. The van der Waals surface area contributed by atoms with Gasteiger partial charge >= 0.3 is 12.1 Å². The van der Waals surface area contributed by atoms with Crippen LogP contribution in [0.5, 0.6) is 5.75 Å². The Kier molecular flexibility index (Phi) is 5.84. The average Bonchev–Trinajstić information content (AvgIpc) is 2.59. The van der Waals surface area contributed by atoms with Crippen LogP contribution in [0.3, 0.4) is 0 Å². The number of rotatable bonds is 6. The van der Waals surface area contributed by atoms with Crippen LogP contribution >= 0.6 is 0 Å². The maximum absolute atomic E-state index is 13.2. The lowest BCUT2D eigenvalue weighted by Gasteiger charge is -2.16. The smallest absolute Gasteiger partial charge is 0.417 e. The Hall–Kier alpha value is -2.77. The fourth-order valence-electron chi connectivity index (χ4n) is 2.17. The molecule has 0 aliphatic heterocycles. The zero-order chi connectivity index (χ0) is 18.4. The van der Waals surface area contributed by atoms with Crippen molar-refractivity contribution in [2.24, 2.45) is 0 Å². The van der Waals surface area contributed by atoms with E-state index in [1.807, 2.05) is 0 Å². The Morgan fingerprint density at radius 1 is 1.20 bits per heavy atom. The maximum Gasteiger partial charge on any atom is 0.417 e. The van der Waals surface area contributed by atoms with Crippen LogP contribution in [0, 0.1) is 0 Å². The van der Waals surface area contributed by atoms with Crippen LogP contribution in [0.4, 0.5) is 19.0 Å². The van der Waals surface area contributed by atoms with Crippen LogP contribution in [0.2, 0.25) is 0 Å². The van der Waals surface area contributed by atoms with Crippen LogP contribution in [-0.2, 0) is 17.5 Å². The molecule has 2 aromatic rings. The number of aromatic nitrogens is 1. The van der Waals surface area contributed by atoms with Crippen LogP contribution in [0.25, 0.3) is 0 Å². The molecule has 1 N–H and O–H groups in total. The van der Waals surface area contributed by atoms with Gasteiger partial charge in [-0.25, -0.2) is 9.78 Å². The summed E-state index contributed by atoms with van der Waals surface area (Å²) in [5, 5.41) is 2.77. The first kappa shape index (κ1) is 18.6. The number of hydrogen-bond donors (Lipinski definition) is 1. The van der Waals surface area contributed by atoms with E-state index in [1.165, 1.54) is 14.0 Å². The third-order valence-electron chi connectivity index (χ3n) is 3.35. The number of alkyl halides is 3. The van der Waals surface area contributed by atoms with E-state index in [4.69, 9.17) is 9.47 Å². The van der Waals surface area contributed by atoms with Crippen LogP contribution in [0.1, 0.15) is 28.4 Å². The van der Waals surface area contributed by atoms with Crippen molar-refractivity contribution >= 4 is 11.8 Å². The molecule has 25 heavy (non-hydrogen) atoms. The number of nitrogens with zero attached hydrogens (tertiary/aromatic N) is 1. The molecule has 1 aromatic heterocycles. The van der Waals surface area contributed by atoms with Gasteiger partial charge in [-0.05, 0) is 30.7 Å². The minimum Gasteiger partial charge on any atom is -0.497 e. The molecule has 2 rings (SSSR count). The van der Waals surface area contributed by atoms with E-state index in [-0.39, 0.29) is 19.0 Å². The molecule has 0 saturated heterocycles. The highest BCUT2D eigenvalue weighted by Crippen LogP contribution is 2.34. The summed E-state index contributed by atoms with van der Waals surface area (Å²) < 4.78 is 49.4. The lowest BCUT2D eigenvalue weighted by molar-refractivity contribution is -0.138. The average molecular weight is 354 g/mol. The first-order valence-corrected chi connectivity index (χ1v) is 7.47. The molecule has 0 aliphatic rings. The lowest BCUT2D eigenvalue weighted by atomic mass is 10.1. The number of methoxy groups -OCH3 is 1. The van der Waals surface area contributed by atoms with Gasteiger partial charge in [-0.2, -0.15) is 13.2 Å². The molecular weight excluding hydrogens is 337 g/mol. The predicted octanol–water partition coefficient (Wildman–Crippen LogP) is 3.90. The van der Waals surface area contributed by atoms with Gasteiger partial charge in [0.1, 0.15) is 17.1 Å². The minimum absolute atomic E-state index is 0.0387. The number of halogens is 3. The van der Waals surface area contributed by atoms with Crippen molar-refractivity contribution in [3.8, 4) is 5.75 Å². The standard InChI is InChI=1S/C17H17F3N2O3/c1-3-25-16(23)14-13(17(18,19)20)8-9-21-15(14)22-10-11-4-6-12(24-2)7-5-11/h4-9H,3,10H2,1-2H3,(H,21,22). The number of carbonyl (C=O) groups excluding carboxylic acids is 1. The Bertz CT molecular complexity index is 731. The molecule has 0 radical (unpaired) electrons. The highest BCUT2D eigenvalue weighted by atomic mass is 19.4. The molecule has 5 nitrogen and oxygen atoms in total. The van der Waals surface area contributed by atoms with Crippen molar-refractivity contribution in [2.75, 3.05) is 19.0 Å². The number of nitrogens with one attached hydrogen (secondary N) is 1. The summed E-state index contributed by atoms with van der Waals surface area (Å²) in [5.74, 6) is -0.586. The third kappa shape index (κ3) is 4.62. The molecule has 1 heterocycles. The zero-order valence-corrected chi connectivity index (χ0v) is 13.7. The Labute approximate surface area is 142 Å². The number of pyridine rings is 1. The number of hydrogen-bond acceptors (Lipinski definition) is 5. The lowest BCUT2D eigenvalue weighted by Crippen LogP contribution is -2.19. The second-order valence-corrected chi connectivity index (χ2v) is 5.00. The molecule has 134 valence electrons. The fourth-order valence-corrected chi connectivity index (χ4v) is 2.17. The first-order valence-electron chi connectivity index (χ1n) is 7.47. The van der Waals surface area contributed by atoms with Gasteiger partial charge in [0.05, 0.1) is 19.3 Å². The number of benzene rings is 1. The van der Waals surface area contributed by atoms with Gasteiger partial charge in [-0.1, -0.05) is 12.1 Å². The molecule has 0 unspecified atom stereocenters. The monoisotopic (exact) mass is 354 g/mol. The Morgan fingerprint density at radius 3 is 2.44 bits per heavy atom. The van der Waals surface area contributed by atoms with Crippen molar-refractivity contribution in [3.05, 3.63) is 53.2 Å². The van der Waals surface area contributed by atoms with Gasteiger partial charge in [0, 0.05) is 12.7 Å². The summed E-state index contributed by atoms with van der Waals surface area (Å²) in [7, 11) is 1.53. The minimum atomic E-state index is -4.69. The molecule has 1 aromatic carbocycles. The van der Waals surface area contributed by atoms with Gasteiger partial charge in [0.15, 0.2) is 0 Å². The second kappa shape index (κ2) is 7.87. The Balaban J connectivity index is 2.30. The largest absolute Gasteiger partial charge is 0.497 e. The van der Waals surface area contributed by atoms with Crippen molar-refractivity contribution in [1.29, 1.82) is 0 Å². The topological polar surface area (TPSA) is 60.5 Å². The van der Waals surface area contributed by atoms with Gasteiger partial charge in [-0.3, -0.25) is 0 Å². The van der Waals surface area contributed by atoms with Gasteiger partial charge in [-0.15, -0.1) is 0 Å². The van der Waals surface area contributed by atoms with E-state index in [0.717, 1.165) is 17.8 Å². The van der Waals surface area contributed by atoms with Gasteiger partial charge < -0.3 is 14.8 Å². The number of anilines is 1. The summed E-state index contributed by atoms with van der Waals surface area (Å²) >= 11 is 0. The van der Waals surface area contributed by atoms with Crippen molar-refractivity contribution in [3.63, 3.8) is 0 Å². The molecule has 0 atom stereocenters. The summed E-state index contributed by atoms with van der Waals surface area (Å²) in [6.07, 6.45) is -3.69. The van der Waals surface area contributed by atoms with Crippen LogP contribution < -0.4 is 10.1 Å². The van der Waals surface area contributed by atoms with E-state index < -0.39 is 23.3 Å². The molecule has 0 saturated carbocycles. The van der Waals surface area contributed by atoms with E-state index >= 15 is 0 Å². The van der Waals surface area contributed by atoms with E-state index in [2.05, 4.69) is 10.3 Å². The van der Waals surface area contributed by atoms with Crippen molar-refractivity contribution in [1.82, 2.24) is 4.98 Å². The predicted molar refractivity (Wildman–Crippen MR) is 85.5 cm³/mol. The van der Waals surface area contributed by atoms with E-state index in [9.17, 15) is 18.0 Å². The molecular formula is C17H17F3N2O3. The Morgan fingerprint density at radius 2 is 1.88 bits per heavy atom. The fraction of sp³-hybridized carbons (Fsp3) is 0.294.